The largest absolute Gasteiger partial charge is 0.392 e. The van der Waals surface area contributed by atoms with Crippen molar-refractivity contribution < 1.29 is 9.90 Å². The molecule has 0 spiro atoms. The van der Waals surface area contributed by atoms with Crippen molar-refractivity contribution in [3.05, 3.63) is 46.1 Å². The van der Waals surface area contributed by atoms with Crippen LogP contribution in [0, 0.1) is 0 Å². The number of rotatable bonds is 7. The van der Waals surface area contributed by atoms with E-state index >= 15 is 0 Å². The summed E-state index contributed by atoms with van der Waals surface area (Å²) in [7, 11) is 0. The molecule has 6 nitrogen and oxygen atoms in total. The smallest absolute Gasteiger partial charge is 0.272 e. The van der Waals surface area contributed by atoms with E-state index in [4.69, 9.17) is 0 Å². The molecule has 1 atom stereocenters. The van der Waals surface area contributed by atoms with Gasteiger partial charge in [0.25, 0.3) is 5.56 Å². The monoisotopic (exact) mass is 421 g/mol. The maximum Gasteiger partial charge on any atom is 0.272 e. The zero-order valence-electron chi connectivity index (χ0n) is 14.8. The number of nitrogens with one attached hydrogen (secondary N) is 1. The number of benzene rings is 1. The first kappa shape index (κ1) is 19.9. The van der Waals surface area contributed by atoms with E-state index < -0.39 is 6.10 Å². The molecule has 0 bridgehead atoms. The number of thiophene rings is 1. The van der Waals surface area contributed by atoms with E-state index in [0.29, 0.717) is 15.4 Å². The van der Waals surface area contributed by atoms with E-state index in [0.717, 1.165) is 10.6 Å². The molecule has 142 valence electrons. The van der Waals surface area contributed by atoms with Gasteiger partial charge in [-0.05, 0) is 42.8 Å². The first-order valence-corrected chi connectivity index (χ1v) is 11.3. The summed E-state index contributed by atoms with van der Waals surface area (Å²) in [5.74, 6) is -0.0627. The molecular formula is C18H19N3O3S3. The van der Waals surface area contributed by atoms with Crippen molar-refractivity contribution in [2.45, 2.75) is 29.6 Å². The lowest BCUT2D eigenvalue weighted by Gasteiger charge is -2.13. The van der Waals surface area contributed by atoms with Crippen molar-refractivity contribution >= 4 is 56.7 Å². The number of thioether (sulfide) groups is 2. The topological polar surface area (TPSA) is 84.2 Å². The van der Waals surface area contributed by atoms with Gasteiger partial charge in [0.1, 0.15) is 4.70 Å². The number of amides is 1. The summed E-state index contributed by atoms with van der Waals surface area (Å²) in [4.78, 5) is 30.5. The average Bonchev–Trinajstić information content (AvgIpc) is 3.11. The molecule has 0 radical (unpaired) electrons. The number of fused-ring (bicyclic) bond motifs is 1. The zero-order valence-corrected chi connectivity index (χ0v) is 17.3. The summed E-state index contributed by atoms with van der Waals surface area (Å²) in [6, 6.07) is 9.39. The van der Waals surface area contributed by atoms with Crippen molar-refractivity contribution in [2.24, 2.45) is 0 Å². The number of aromatic nitrogens is 2. The second kappa shape index (κ2) is 8.92. The Morgan fingerprint density at radius 1 is 1.41 bits per heavy atom. The van der Waals surface area contributed by atoms with Crippen molar-refractivity contribution in [1.29, 1.82) is 0 Å². The maximum absolute atomic E-state index is 12.7. The summed E-state index contributed by atoms with van der Waals surface area (Å²) < 4.78 is 1.99. The van der Waals surface area contributed by atoms with Crippen molar-refractivity contribution in [3.63, 3.8) is 0 Å². The van der Waals surface area contributed by atoms with Crippen molar-refractivity contribution in [1.82, 2.24) is 9.55 Å². The van der Waals surface area contributed by atoms with Crippen LogP contribution in [0.25, 0.3) is 10.2 Å². The zero-order chi connectivity index (χ0) is 19.4. The highest BCUT2D eigenvalue weighted by molar-refractivity contribution is 7.99. The number of carbonyl (C=O) groups is 1. The van der Waals surface area contributed by atoms with Crippen LogP contribution < -0.4 is 10.9 Å². The predicted octanol–water partition coefficient (Wildman–Crippen LogP) is 3.29. The van der Waals surface area contributed by atoms with E-state index in [1.807, 2.05) is 35.9 Å². The second-order valence-electron chi connectivity index (χ2n) is 5.86. The quantitative estimate of drug-likeness (QED) is 0.450. The molecule has 1 amide bonds. The number of aliphatic hydroxyl groups excluding tert-OH is 1. The number of nitrogens with zero attached hydrogens (tertiary/aromatic N) is 2. The van der Waals surface area contributed by atoms with Gasteiger partial charge in [0, 0.05) is 10.6 Å². The summed E-state index contributed by atoms with van der Waals surface area (Å²) in [6.07, 6.45) is 1.29. The van der Waals surface area contributed by atoms with E-state index in [2.05, 4.69) is 10.3 Å². The second-order valence-corrected chi connectivity index (χ2v) is 8.60. The molecule has 0 aliphatic rings. The van der Waals surface area contributed by atoms with Crippen LogP contribution in [0.5, 0.6) is 0 Å². The highest BCUT2D eigenvalue weighted by atomic mass is 32.2. The highest BCUT2D eigenvalue weighted by Crippen LogP contribution is 2.22. The molecule has 0 saturated carbocycles. The molecule has 0 aliphatic heterocycles. The molecule has 3 rings (SSSR count). The molecule has 0 fully saturated rings. The lowest BCUT2D eigenvalue weighted by Crippen LogP contribution is -2.27. The van der Waals surface area contributed by atoms with Gasteiger partial charge >= 0.3 is 0 Å². The summed E-state index contributed by atoms with van der Waals surface area (Å²) in [6.45, 7) is 1.75. The van der Waals surface area contributed by atoms with E-state index in [-0.39, 0.29) is 23.8 Å². The van der Waals surface area contributed by atoms with Crippen LogP contribution in [-0.2, 0) is 11.3 Å². The minimum absolute atomic E-state index is 0.116. The number of hydrogen-bond donors (Lipinski definition) is 2. The Kier molecular flexibility index (Phi) is 6.59. The minimum Gasteiger partial charge on any atom is -0.392 e. The molecule has 3 aromatic rings. The first-order chi connectivity index (χ1) is 13.0. The third-order valence-corrected chi connectivity index (χ3v) is 6.26. The third kappa shape index (κ3) is 4.92. The Morgan fingerprint density at radius 3 is 2.96 bits per heavy atom. The molecule has 2 heterocycles. The number of aliphatic hydroxyl groups is 1. The van der Waals surface area contributed by atoms with E-state index in [1.165, 1.54) is 27.7 Å². The van der Waals surface area contributed by atoms with Crippen LogP contribution in [0.2, 0.25) is 0 Å². The standard InChI is InChI=1S/C18H19N3O3S3/c1-11(22)9-21-17(24)16-14(6-7-26-16)20-18(21)27-10-15(23)19-12-4-3-5-13(8-12)25-2/h3-8,11,22H,9-10H2,1-2H3,(H,19,23). The fourth-order valence-corrected chi connectivity index (χ4v) is 4.53. The van der Waals surface area contributed by atoms with Crippen LogP contribution >= 0.6 is 34.9 Å². The first-order valence-electron chi connectivity index (χ1n) is 8.20. The maximum atomic E-state index is 12.7. The average molecular weight is 422 g/mol. The molecule has 1 aromatic carbocycles. The molecule has 9 heteroatoms. The normalized spacial score (nSPS) is 12.3. The van der Waals surface area contributed by atoms with Crippen LogP contribution in [0.1, 0.15) is 6.92 Å². The fraction of sp³-hybridized carbons (Fsp3) is 0.278. The summed E-state index contributed by atoms with van der Waals surface area (Å²) in [5.41, 5.74) is 1.16. The van der Waals surface area contributed by atoms with Crippen molar-refractivity contribution in [3.8, 4) is 0 Å². The molecular weight excluding hydrogens is 402 g/mol. The molecule has 27 heavy (non-hydrogen) atoms. The SMILES string of the molecule is CSc1cccc(NC(=O)CSc2nc3ccsc3c(=O)n2CC(C)O)c1. The Hall–Kier alpha value is -1.81. The summed E-state index contributed by atoms with van der Waals surface area (Å²) >= 11 is 4.12. The lowest BCUT2D eigenvalue weighted by atomic mass is 10.3. The Balaban J connectivity index is 1.77. The van der Waals surface area contributed by atoms with Gasteiger partial charge < -0.3 is 10.4 Å². The molecule has 2 aromatic heterocycles. The van der Waals surface area contributed by atoms with Gasteiger partial charge in [-0.15, -0.1) is 23.1 Å². The van der Waals surface area contributed by atoms with Crippen LogP contribution in [0.3, 0.4) is 0 Å². The highest BCUT2D eigenvalue weighted by Gasteiger charge is 2.15. The van der Waals surface area contributed by atoms with Gasteiger partial charge in [-0.25, -0.2) is 4.98 Å². The summed E-state index contributed by atoms with van der Waals surface area (Å²) in [5, 5.41) is 14.8. The molecule has 1 unspecified atom stereocenters. The molecule has 0 aliphatic carbocycles. The third-order valence-electron chi connectivity index (χ3n) is 3.66. The number of anilines is 1. The van der Waals surface area contributed by atoms with Gasteiger partial charge in [-0.3, -0.25) is 14.2 Å². The Labute approximate surface area is 169 Å². The fourth-order valence-electron chi connectivity index (χ4n) is 2.49. The Bertz CT molecular complexity index is 1010. The van der Waals surface area contributed by atoms with E-state index in [1.54, 1.807) is 24.8 Å². The van der Waals surface area contributed by atoms with Gasteiger partial charge in [-0.2, -0.15) is 0 Å². The van der Waals surface area contributed by atoms with Crippen LogP contribution in [-0.4, -0.2) is 38.7 Å². The van der Waals surface area contributed by atoms with E-state index in [9.17, 15) is 14.7 Å². The predicted molar refractivity (Wildman–Crippen MR) is 113 cm³/mol. The van der Waals surface area contributed by atoms with Crippen LogP contribution in [0.15, 0.2) is 50.6 Å². The minimum atomic E-state index is -0.690. The number of carbonyl (C=O) groups excluding carboxylic acids is 1. The van der Waals surface area contributed by atoms with Gasteiger partial charge in [0.05, 0.1) is 23.9 Å². The van der Waals surface area contributed by atoms with Gasteiger partial charge in [0.2, 0.25) is 5.91 Å². The van der Waals surface area contributed by atoms with Gasteiger partial charge in [-0.1, -0.05) is 17.8 Å². The van der Waals surface area contributed by atoms with Crippen LogP contribution in [0.4, 0.5) is 5.69 Å². The number of hydrogen-bond acceptors (Lipinski definition) is 7. The molecule has 0 saturated heterocycles. The lowest BCUT2D eigenvalue weighted by molar-refractivity contribution is -0.113. The van der Waals surface area contributed by atoms with Crippen molar-refractivity contribution in [2.75, 3.05) is 17.3 Å². The Morgan fingerprint density at radius 2 is 2.22 bits per heavy atom. The van der Waals surface area contributed by atoms with Gasteiger partial charge in [0.15, 0.2) is 5.16 Å². The molecule has 2 N–H and O–H groups in total.